The van der Waals surface area contributed by atoms with Gasteiger partial charge in [-0.15, -0.1) is 5.10 Å². The second-order valence-corrected chi connectivity index (χ2v) is 6.46. The molecule has 1 aromatic heterocycles. The summed E-state index contributed by atoms with van der Waals surface area (Å²) in [6.45, 7) is 5.67. The van der Waals surface area contributed by atoms with Gasteiger partial charge in [0.25, 0.3) is 5.95 Å². The second kappa shape index (κ2) is 8.63. The van der Waals surface area contributed by atoms with Gasteiger partial charge in [0.05, 0.1) is 6.20 Å². The fourth-order valence-electron chi connectivity index (χ4n) is 2.71. The Morgan fingerprint density at radius 2 is 1.92 bits per heavy atom. The van der Waals surface area contributed by atoms with Gasteiger partial charge in [-0.3, -0.25) is 0 Å². The highest BCUT2D eigenvalue weighted by atomic mass is 35.5. The molecule has 0 fully saturated rings. The lowest BCUT2D eigenvalue weighted by molar-refractivity contribution is 0.878. The molecule has 134 valence electrons. The van der Waals surface area contributed by atoms with E-state index in [1.165, 1.54) is 11.1 Å². The number of halogens is 1. The van der Waals surface area contributed by atoms with Crippen molar-refractivity contribution in [2.45, 2.75) is 20.3 Å². The van der Waals surface area contributed by atoms with Gasteiger partial charge in [0.1, 0.15) is 0 Å². The predicted octanol–water partition coefficient (Wildman–Crippen LogP) is 4.65. The molecule has 0 bridgehead atoms. The van der Waals surface area contributed by atoms with Crippen molar-refractivity contribution in [2.75, 3.05) is 23.3 Å². The summed E-state index contributed by atoms with van der Waals surface area (Å²) >= 11 is 5.92. The summed E-state index contributed by atoms with van der Waals surface area (Å²) in [7, 11) is 0. The van der Waals surface area contributed by atoms with E-state index in [9.17, 15) is 0 Å². The quantitative estimate of drug-likeness (QED) is 0.659. The molecular weight excluding hydrogens is 346 g/mol. The van der Waals surface area contributed by atoms with Crippen molar-refractivity contribution in [2.24, 2.45) is 0 Å². The van der Waals surface area contributed by atoms with E-state index in [1.54, 1.807) is 6.20 Å². The van der Waals surface area contributed by atoms with Gasteiger partial charge in [-0.1, -0.05) is 35.9 Å². The normalized spacial score (nSPS) is 10.6. The maximum absolute atomic E-state index is 5.92. The number of anilines is 3. The molecule has 3 rings (SSSR count). The van der Waals surface area contributed by atoms with Crippen LogP contribution in [0.4, 0.5) is 17.5 Å². The minimum atomic E-state index is 0.592. The molecule has 0 radical (unpaired) electrons. The Labute approximate surface area is 159 Å². The van der Waals surface area contributed by atoms with E-state index in [2.05, 4.69) is 52.5 Å². The Morgan fingerprint density at radius 3 is 2.65 bits per heavy atom. The van der Waals surface area contributed by atoms with E-state index >= 15 is 0 Å². The Kier molecular flexibility index (Phi) is 6.02. The number of aromatic nitrogens is 3. The predicted molar refractivity (Wildman–Crippen MR) is 107 cm³/mol. The second-order valence-electron chi connectivity index (χ2n) is 6.03. The van der Waals surface area contributed by atoms with E-state index in [1.807, 2.05) is 35.2 Å². The van der Waals surface area contributed by atoms with E-state index in [4.69, 9.17) is 11.6 Å². The Bertz CT molecular complexity index is 851. The van der Waals surface area contributed by atoms with Crippen LogP contribution in [0.5, 0.6) is 0 Å². The molecule has 5 nitrogen and oxygen atoms in total. The van der Waals surface area contributed by atoms with Crippen LogP contribution in [0.2, 0.25) is 5.02 Å². The van der Waals surface area contributed by atoms with Gasteiger partial charge in [0, 0.05) is 23.8 Å². The number of benzene rings is 2. The molecule has 0 unspecified atom stereocenters. The number of nitrogens with zero attached hydrogens (tertiary/aromatic N) is 4. The zero-order valence-electron chi connectivity index (χ0n) is 15.0. The lowest BCUT2D eigenvalue weighted by atomic mass is 10.1. The maximum atomic E-state index is 5.92. The molecule has 0 aliphatic heterocycles. The van der Waals surface area contributed by atoms with Crippen molar-refractivity contribution in [3.05, 3.63) is 70.9 Å². The number of hydrogen-bond acceptors (Lipinski definition) is 5. The van der Waals surface area contributed by atoms with Crippen molar-refractivity contribution < 1.29 is 0 Å². The molecule has 0 amide bonds. The fourth-order valence-corrected chi connectivity index (χ4v) is 2.84. The molecule has 0 saturated carbocycles. The first-order valence-electron chi connectivity index (χ1n) is 8.68. The van der Waals surface area contributed by atoms with E-state index in [0.717, 1.165) is 36.0 Å². The molecule has 6 heteroatoms. The monoisotopic (exact) mass is 367 g/mol. The topological polar surface area (TPSA) is 53.9 Å². The van der Waals surface area contributed by atoms with Crippen LogP contribution in [0.15, 0.2) is 54.7 Å². The van der Waals surface area contributed by atoms with E-state index < -0.39 is 0 Å². The molecule has 26 heavy (non-hydrogen) atoms. The van der Waals surface area contributed by atoms with Crippen molar-refractivity contribution >= 4 is 29.1 Å². The van der Waals surface area contributed by atoms with Crippen LogP contribution in [0.25, 0.3) is 0 Å². The van der Waals surface area contributed by atoms with Gasteiger partial charge >= 0.3 is 0 Å². The fraction of sp³-hybridized carbons (Fsp3) is 0.250. The van der Waals surface area contributed by atoms with Gasteiger partial charge in [-0.05, 0) is 55.7 Å². The van der Waals surface area contributed by atoms with Crippen molar-refractivity contribution in [3.8, 4) is 0 Å². The van der Waals surface area contributed by atoms with Crippen LogP contribution >= 0.6 is 11.6 Å². The third-order valence-corrected chi connectivity index (χ3v) is 4.30. The minimum Gasteiger partial charge on any atom is -0.368 e. The molecule has 2 aromatic carbocycles. The van der Waals surface area contributed by atoms with Crippen molar-refractivity contribution in [1.82, 2.24) is 15.2 Å². The zero-order valence-corrected chi connectivity index (χ0v) is 15.7. The van der Waals surface area contributed by atoms with E-state index in [-0.39, 0.29) is 0 Å². The number of nitrogens with one attached hydrogen (secondary N) is 1. The Hall–Kier alpha value is -2.66. The average Bonchev–Trinajstić information content (AvgIpc) is 2.65. The molecule has 0 spiro atoms. The highest BCUT2D eigenvalue weighted by Gasteiger charge is 2.11. The van der Waals surface area contributed by atoms with E-state index in [0.29, 0.717) is 5.95 Å². The van der Waals surface area contributed by atoms with Crippen molar-refractivity contribution in [3.63, 3.8) is 0 Å². The molecule has 1 heterocycles. The summed E-state index contributed by atoms with van der Waals surface area (Å²) in [5, 5.41) is 12.4. The minimum absolute atomic E-state index is 0.592. The molecular formula is C20H22ClN5. The SMILES string of the molecule is CCN(c1cccc(C)c1)c1nncc(NCCc2ccc(Cl)cc2)n1. The van der Waals surface area contributed by atoms with Crippen LogP contribution in [-0.4, -0.2) is 28.3 Å². The summed E-state index contributed by atoms with van der Waals surface area (Å²) < 4.78 is 0. The van der Waals surface area contributed by atoms with Gasteiger partial charge in [-0.25, -0.2) is 0 Å². The first kappa shape index (κ1) is 18.1. The van der Waals surface area contributed by atoms with Crippen LogP contribution in [0.3, 0.4) is 0 Å². The lowest BCUT2D eigenvalue weighted by Crippen LogP contribution is -2.20. The molecule has 0 aliphatic rings. The van der Waals surface area contributed by atoms with Crippen molar-refractivity contribution in [1.29, 1.82) is 0 Å². The van der Waals surface area contributed by atoms with Crippen LogP contribution in [-0.2, 0) is 6.42 Å². The highest BCUT2D eigenvalue weighted by molar-refractivity contribution is 6.30. The molecule has 0 saturated heterocycles. The van der Waals surface area contributed by atoms with Gasteiger partial charge < -0.3 is 10.2 Å². The third kappa shape index (κ3) is 4.70. The van der Waals surface area contributed by atoms with Gasteiger partial charge in [0.2, 0.25) is 0 Å². The third-order valence-electron chi connectivity index (χ3n) is 4.05. The van der Waals surface area contributed by atoms with Gasteiger partial charge in [0.15, 0.2) is 5.82 Å². The molecule has 3 aromatic rings. The summed E-state index contributed by atoms with van der Waals surface area (Å²) in [5.41, 5.74) is 3.48. The number of hydrogen-bond donors (Lipinski definition) is 1. The zero-order chi connectivity index (χ0) is 18.4. The van der Waals surface area contributed by atoms with Crippen LogP contribution in [0.1, 0.15) is 18.1 Å². The molecule has 0 aliphatic carbocycles. The number of rotatable bonds is 7. The maximum Gasteiger partial charge on any atom is 0.251 e. The van der Waals surface area contributed by atoms with Crippen LogP contribution in [0, 0.1) is 6.92 Å². The Balaban J connectivity index is 1.67. The first-order valence-corrected chi connectivity index (χ1v) is 9.06. The summed E-state index contributed by atoms with van der Waals surface area (Å²) in [6.07, 6.45) is 2.53. The Morgan fingerprint density at radius 1 is 1.12 bits per heavy atom. The van der Waals surface area contributed by atoms with Gasteiger partial charge in [-0.2, -0.15) is 10.1 Å². The average molecular weight is 368 g/mol. The summed E-state index contributed by atoms with van der Waals surface area (Å²) in [4.78, 5) is 6.66. The summed E-state index contributed by atoms with van der Waals surface area (Å²) in [5.74, 6) is 1.31. The standard InChI is InChI=1S/C20H22ClN5/c1-3-26(18-6-4-5-15(2)13-18)20-24-19(14-23-25-20)22-12-11-16-7-9-17(21)10-8-16/h4-10,13-14H,3,11-12H2,1-2H3,(H,22,24,25). The largest absolute Gasteiger partial charge is 0.368 e. The molecule has 1 N–H and O–H groups in total. The smallest absolute Gasteiger partial charge is 0.251 e. The summed E-state index contributed by atoms with van der Waals surface area (Å²) in [6, 6.07) is 16.2. The first-order chi connectivity index (χ1) is 12.7. The number of aryl methyl sites for hydroxylation is 1. The highest BCUT2D eigenvalue weighted by Crippen LogP contribution is 2.22. The molecule has 0 atom stereocenters. The van der Waals surface area contributed by atoms with Crippen LogP contribution < -0.4 is 10.2 Å². The lowest BCUT2D eigenvalue weighted by Gasteiger charge is -2.21.